The number of fused-ring (bicyclic) bond motifs is 2. The van der Waals surface area contributed by atoms with E-state index in [1.807, 2.05) is 6.20 Å². The highest BCUT2D eigenvalue weighted by molar-refractivity contribution is 5.92. The summed E-state index contributed by atoms with van der Waals surface area (Å²) in [5, 5.41) is 1.27. The van der Waals surface area contributed by atoms with Crippen LogP contribution in [0.25, 0.3) is 10.9 Å². The van der Waals surface area contributed by atoms with Crippen molar-refractivity contribution in [3.05, 3.63) is 54.1 Å². The molecule has 0 radical (unpaired) electrons. The third-order valence-corrected chi connectivity index (χ3v) is 5.82. The lowest BCUT2D eigenvalue weighted by Crippen LogP contribution is -2.29. The third kappa shape index (κ3) is 2.50. The summed E-state index contributed by atoms with van der Waals surface area (Å²) in [4.78, 5) is 18.3. The number of benzene rings is 1. The highest BCUT2D eigenvalue weighted by Gasteiger charge is 2.41. The first kappa shape index (κ1) is 15.6. The Bertz CT molecular complexity index is 956. The van der Waals surface area contributed by atoms with Crippen molar-refractivity contribution in [3.8, 4) is 0 Å². The molecule has 1 aromatic carbocycles. The van der Waals surface area contributed by atoms with E-state index in [0.717, 1.165) is 43.2 Å². The van der Waals surface area contributed by atoms with Crippen LogP contribution in [0.3, 0.4) is 0 Å². The molecule has 2 aromatic heterocycles. The molecular formula is C21H23N5. The molecule has 2 unspecified atom stereocenters. The fraction of sp³-hybridized carbons (Fsp3) is 0.381. The molecule has 5 rings (SSSR count). The van der Waals surface area contributed by atoms with Crippen LogP contribution in [-0.2, 0) is 0 Å². The molecule has 2 saturated heterocycles. The first-order valence-electron chi connectivity index (χ1n) is 9.32. The second-order valence-electron chi connectivity index (χ2n) is 7.66. The minimum atomic E-state index is 0.691. The summed E-state index contributed by atoms with van der Waals surface area (Å²) in [6.45, 7) is 8.58. The lowest BCUT2D eigenvalue weighted by molar-refractivity contribution is 0.533. The van der Waals surface area contributed by atoms with Crippen molar-refractivity contribution in [1.29, 1.82) is 0 Å². The van der Waals surface area contributed by atoms with E-state index in [1.165, 1.54) is 16.6 Å². The second-order valence-corrected chi connectivity index (χ2v) is 7.66. The van der Waals surface area contributed by atoms with Crippen molar-refractivity contribution < 1.29 is 0 Å². The maximum absolute atomic E-state index is 4.69. The Labute approximate surface area is 153 Å². The van der Waals surface area contributed by atoms with Gasteiger partial charge in [0.1, 0.15) is 12.1 Å². The van der Waals surface area contributed by atoms with Crippen LogP contribution in [0.15, 0.2) is 42.9 Å². The highest BCUT2D eigenvalue weighted by atomic mass is 15.3. The normalized spacial score (nSPS) is 22.2. The van der Waals surface area contributed by atoms with Crippen LogP contribution in [0.2, 0.25) is 0 Å². The molecule has 2 aliphatic rings. The van der Waals surface area contributed by atoms with Gasteiger partial charge in [0, 0.05) is 66.5 Å². The minimum Gasteiger partial charge on any atom is -0.370 e. The molecule has 0 N–H and O–H groups in total. The number of aryl methyl sites for hydroxylation is 2. The first-order chi connectivity index (χ1) is 12.7. The maximum atomic E-state index is 4.69. The molecule has 0 bridgehead atoms. The van der Waals surface area contributed by atoms with E-state index in [9.17, 15) is 0 Å². The lowest BCUT2D eigenvalue weighted by Gasteiger charge is -2.25. The van der Waals surface area contributed by atoms with Crippen LogP contribution in [0, 0.1) is 25.7 Å². The van der Waals surface area contributed by atoms with Crippen molar-refractivity contribution in [3.63, 3.8) is 0 Å². The van der Waals surface area contributed by atoms with Crippen LogP contribution < -0.4 is 9.80 Å². The fourth-order valence-corrected chi connectivity index (χ4v) is 4.63. The predicted octanol–water partition coefficient (Wildman–Crippen LogP) is 3.21. The van der Waals surface area contributed by atoms with E-state index in [2.05, 4.69) is 63.9 Å². The van der Waals surface area contributed by atoms with Gasteiger partial charge >= 0.3 is 0 Å². The minimum absolute atomic E-state index is 0.691. The third-order valence-electron chi connectivity index (χ3n) is 5.82. The van der Waals surface area contributed by atoms with E-state index in [-0.39, 0.29) is 0 Å². The van der Waals surface area contributed by atoms with Gasteiger partial charge in [-0.05, 0) is 26.0 Å². The zero-order valence-corrected chi connectivity index (χ0v) is 15.3. The van der Waals surface area contributed by atoms with Crippen molar-refractivity contribution in [2.75, 3.05) is 36.0 Å². The molecule has 3 aromatic rings. The van der Waals surface area contributed by atoms with E-state index in [4.69, 9.17) is 4.98 Å². The Balaban J connectivity index is 1.40. The van der Waals surface area contributed by atoms with Crippen molar-refractivity contribution >= 4 is 22.4 Å². The van der Waals surface area contributed by atoms with Crippen LogP contribution in [0.5, 0.6) is 0 Å². The Hall–Kier alpha value is -2.69. The van der Waals surface area contributed by atoms with Crippen molar-refractivity contribution in [2.45, 2.75) is 13.8 Å². The Morgan fingerprint density at radius 1 is 0.962 bits per heavy atom. The number of hydrogen-bond donors (Lipinski definition) is 0. The maximum Gasteiger partial charge on any atom is 0.134 e. The molecular weight excluding hydrogens is 322 g/mol. The largest absolute Gasteiger partial charge is 0.370 e. The summed E-state index contributed by atoms with van der Waals surface area (Å²) in [6.07, 6.45) is 3.57. The van der Waals surface area contributed by atoms with Gasteiger partial charge in [0.05, 0.1) is 5.52 Å². The van der Waals surface area contributed by atoms with E-state index in [1.54, 1.807) is 6.33 Å². The molecule has 132 valence electrons. The molecule has 26 heavy (non-hydrogen) atoms. The second kappa shape index (κ2) is 5.94. The Kier molecular flexibility index (Phi) is 3.55. The summed E-state index contributed by atoms with van der Waals surface area (Å²) in [5.41, 5.74) is 4.69. The number of anilines is 2. The van der Waals surface area contributed by atoms with Crippen molar-refractivity contribution in [1.82, 2.24) is 15.0 Å². The van der Waals surface area contributed by atoms with Crippen LogP contribution in [-0.4, -0.2) is 41.1 Å². The molecule has 5 nitrogen and oxygen atoms in total. The summed E-state index contributed by atoms with van der Waals surface area (Å²) in [5.74, 6) is 2.49. The molecule has 0 saturated carbocycles. The van der Waals surface area contributed by atoms with Gasteiger partial charge in [0.15, 0.2) is 0 Å². The molecule has 2 aliphatic heterocycles. The lowest BCUT2D eigenvalue weighted by atomic mass is 10.0. The summed E-state index contributed by atoms with van der Waals surface area (Å²) in [7, 11) is 0. The standard InChI is InChI=1S/C21H23N5/c1-14-8-22-13-23-21(14)26-11-16-9-25(10-17(16)12-26)20-7-15(2)24-19-6-4-3-5-18(19)20/h3-8,13,16-17H,9-12H2,1-2H3. The van der Waals surface area contributed by atoms with Crippen molar-refractivity contribution in [2.24, 2.45) is 11.8 Å². The molecule has 2 atom stereocenters. The van der Waals surface area contributed by atoms with Crippen LogP contribution in [0.4, 0.5) is 11.5 Å². The summed E-state index contributed by atoms with van der Waals surface area (Å²) < 4.78 is 0. The average Bonchev–Trinajstić information content (AvgIpc) is 3.20. The number of pyridine rings is 1. The van der Waals surface area contributed by atoms with Crippen LogP contribution >= 0.6 is 0 Å². The molecule has 0 aliphatic carbocycles. The highest BCUT2D eigenvalue weighted by Crippen LogP contribution is 2.38. The number of nitrogens with zero attached hydrogens (tertiary/aromatic N) is 5. The molecule has 4 heterocycles. The van der Waals surface area contributed by atoms with E-state index >= 15 is 0 Å². The van der Waals surface area contributed by atoms with Gasteiger partial charge in [-0.15, -0.1) is 0 Å². The molecule has 0 spiro atoms. The van der Waals surface area contributed by atoms with Gasteiger partial charge in [-0.1, -0.05) is 18.2 Å². The first-order valence-corrected chi connectivity index (χ1v) is 9.32. The number of rotatable bonds is 2. The summed E-state index contributed by atoms with van der Waals surface area (Å²) in [6, 6.07) is 10.7. The molecule has 5 heteroatoms. The molecule has 0 amide bonds. The van der Waals surface area contributed by atoms with Gasteiger partial charge in [0.2, 0.25) is 0 Å². The number of aromatic nitrogens is 3. The van der Waals surface area contributed by atoms with E-state index < -0.39 is 0 Å². The monoisotopic (exact) mass is 345 g/mol. The Morgan fingerprint density at radius 3 is 2.46 bits per heavy atom. The van der Waals surface area contributed by atoms with Crippen LogP contribution in [0.1, 0.15) is 11.3 Å². The van der Waals surface area contributed by atoms with Gasteiger partial charge in [-0.25, -0.2) is 9.97 Å². The SMILES string of the molecule is Cc1cc(N2CC3CN(c4ncncc4C)CC3C2)c2ccccc2n1. The average molecular weight is 345 g/mol. The van der Waals surface area contributed by atoms with Gasteiger partial charge < -0.3 is 9.80 Å². The number of hydrogen-bond acceptors (Lipinski definition) is 5. The zero-order chi connectivity index (χ0) is 17.7. The molecule has 2 fully saturated rings. The van der Waals surface area contributed by atoms with Gasteiger partial charge in [-0.2, -0.15) is 0 Å². The quantitative estimate of drug-likeness (QED) is 0.714. The fourth-order valence-electron chi connectivity index (χ4n) is 4.63. The summed E-state index contributed by atoms with van der Waals surface area (Å²) >= 11 is 0. The van der Waals surface area contributed by atoms with E-state index in [0.29, 0.717) is 11.8 Å². The smallest absolute Gasteiger partial charge is 0.134 e. The Morgan fingerprint density at radius 2 is 1.69 bits per heavy atom. The number of para-hydroxylation sites is 1. The van der Waals surface area contributed by atoms with Gasteiger partial charge in [-0.3, -0.25) is 4.98 Å². The zero-order valence-electron chi connectivity index (χ0n) is 15.3. The van der Waals surface area contributed by atoms with Gasteiger partial charge in [0.25, 0.3) is 0 Å². The topological polar surface area (TPSA) is 45.2 Å². The predicted molar refractivity (Wildman–Crippen MR) is 105 cm³/mol.